The summed E-state index contributed by atoms with van der Waals surface area (Å²) in [5.74, 6) is -11.4. The third-order valence-corrected chi connectivity index (χ3v) is 23.1. The molecule has 111 heavy (non-hydrogen) atoms. The molecular formula is C69H78F6N9O24P3. The first-order valence-electron chi connectivity index (χ1n) is 35.1. The maximum atomic E-state index is 15.3. The van der Waals surface area contributed by atoms with Gasteiger partial charge in [0.15, 0.2) is 18.3 Å². The number of anilines is 3. The van der Waals surface area contributed by atoms with E-state index in [1.54, 1.807) is 96.1 Å². The Morgan fingerprint density at radius 3 is 1.23 bits per heavy atom. The van der Waals surface area contributed by atoms with Gasteiger partial charge in [-0.05, 0) is 172 Å². The number of aromatic nitrogens is 6. The number of alkyl halides is 6. The molecule has 0 bridgehead atoms. The number of ether oxygens (including phenoxy) is 6. The molecule has 3 aromatic heterocycles. The summed E-state index contributed by atoms with van der Waals surface area (Å²) < 4.78 is 210. The molecular weight excluding hydrogens is 1550 g/mol. The molecule has 3 amide bonds. The summed E-state index contributed by atoms with van der Waals surface area (Å²) in [7, 11) is -12.7. The van der Waals surface area contributed by atoms with E-state index in [1.807, 2.05) is 27.7 Å². The van der Waals surface area contributed by atoms with E-state index >= 15 is 26.3 Å². The molecule has 6 saturated heterocycles. The van der Waals surface area contributed by atoms with Crippen LogP contribution in [0.4, 0.5) is 43.8 Å². The third-order valence-electron chi connectivity index (χ3n) is 18.2. The Labute approximate surface area is 628 Å². The van der Waals surface area contributed by atoms with Crippen molar-refractivity contribution in [2.24, 2.45) is 0 Å². The number of halogens is 6. The molecule has 9 aliphatic heterocycles. The summed E-state index contributed by atoms with van der Waals surface area (Å²) >= 11 is 0. The van der Waals surface area contributed by atoms with Crippen LogP contribution in [0.3, 0.4) is 0 Å². The van der Waals surface area contributed by atoms with Gasteiger partial charge in [0.1, 0.15) is 64.2 Å². The molecule has 15 rings (SSSR count). The van der Waals surface area contributed by atoms with Gasteiger partial charge in [-0.3, -0.25) is 68.8 Å². The molecule has 3 N–H and O–H groups in total. The Kier molecular flexibility index (Phi) is 22.4. The first-order valence-corrected chi connectivity index (χ1v) is 39.5. The molecule has 42 heteroatoms. The zero-order chi connectivity index (χ0) is 79.9. The average molecular weight is 1620 g/mol. The highest BCUT2D eigenvalue weighted by Gasteiger charge is 2.68. The van der Waals surface area contributed by atoms with Gasteiger partial charge in [0.2, 0.25) is 18.7 Å². The molecule has 0 aliphatic carbocycles. The number of phosphoric ester groups is 3. The van der Waals surface area contributed by atoms with Gasteiger partial charge in [-0.15, -0.1) is 0 Å². The molecule has 0 spiro atoms. The number of nitrogens with zero attached hydrogens (tertiary/aromatic N) is 6. The minimum atomic E-state index is -4.24. The number of carbonyl (C=O) groups excluding carboxylic acids is 3. The second-order valence-electron chi connectivity index (χ2n) is 29.1. The maximum Gasteiger partial charge on any atom is 0.475 e. The summed E-state index contributed by atoms with van der Waals surface area (Å²) in [6, 6.07) is 18.6. The van der Waals surface area contributed by atoms with Crippen LogP contribution in [0.1, 0.15) is 149 Å². The highest BCUT2D eigenvalue weighted by Crippen LogP contribution is 2.63. The second-order valence-corrected chi connectivity index (χ2v) is 33.8. The smallest absolute Gasteiger partial charge is 0.475 e. The fourth-order valence-corrected chi connectivity index (χ4v) is 17.9. The van der Waals surface area contributed by atoms with Crippen molar-refractivity contribution in [2.75, 3.05) is 42.4 Å². The lowest BCUT2D eigenvalue weighted by molar-refractivity contribution is -0.139. The highest BCUT2D eigenvalue weighted by atomic mass is 31.2. The normalized spacial score (nSPS) is 29.2. The maximum absolute atomic E-state index is 15.3. The van der Waals surface area contributed by atoms with Crippen LogP contribution < -0.4 is 47.2 Å². The lowest BCUT2D eigenvalue weighted by atomic mass is 9.93. The van der Waals surface area contributed by atoms with Crippen molar-refractivity contribution in [3.63, 3.8) is 0 Å². The average Bonchev–Trinajstić information content (AvgIpc) is 1.60. The topological polar surface area (TPSA) is 382 Å². The number of phosphoric acid groups is 3. The lowest BCUT2D eigenvalue weighted by Gasteiger charge is -2.32. The fraction of sp³-hybridized carbons (Fsp3) is 0.522. The first-order chi connectivity index (χ1) is 52.1. The number of fused-ring (bicyclic) bond motifs is 6. The van der Waals surface area contributed by atoms with Gasteiger partial charge in [0, 0.05) is 41.7 Å². The zero-order valence-corrected chi connectivity index (χ0v) is 63.7. The van der Waals surface area contributed by atoms with Crippen LogP contribution >= 0.6 is 23.5 Å². The van der Waals surface area contributed by atoms with Gasteiger partial charge in [-0.1, -0.05) is 12.1 Å². The number of nitrogens with one attached hydrogen (secondary N) is 3. The van der Waals surface area contributed by atoms with E-state index in [0.717, 1.165) is 66.7 Å². The van der Waals surface area contributed by atoms with E-state index < -0.39 is 169 Å². The van der Waals surface area contributed by atoms with Crippen LogP contribution in [0.2, 0.25) is 0 Å². The number of carbonyl (C=O) groups is 3. The largest absolute Gasteiger partial charge is 0.493 e. The van der Waals surface area contributed by atoms with Crippen LogP contribution in [0.25, 0.3) is 0 Å². The van der Waals surface area contributed by atoms with Crippen molar-refractivity contribution in [3.05, 3.63) is 156 Å². The summed E-state index contributed by atoms with van der Waals surface area (Å²) in [6.45, 7) is 16.3. The molecule has 0 saturated carbocycles. The molecule has 600 valence electrons. The Bertz CT molecular complexity index is 4950. The highest BCUT2D eigenvalue weighted by molar-refractivity contribution is 7.49. The molecule has 6 fully saturated rings. The Morgan fingerprint density at radius 2 is 0.838 bits per heavy atom. The summed E-state index contributed by atoms with van der Waals surface area (Å²) in [4.78, 5) is 87.3. The molecule has 3 aromatic carbocycles. The SMILES string of the molecule is CC(C)OP1(=O)OC[C@H]2OC(n3ccc(NC(=O)c4ccc5c(c4)CCCO5)nc3=O)C(F)(F)[C@@H]2O1.CC(C)OP1(=O)OC[C@H]2OC(n3ccc(NC(=O)c4ccc5c(c4)OC(C)(C)C5)nc3=O)C(F)(F)[C@@H]2O1.CC(C)OP1(=O)OC[C@H]2OC(n3ccc(NC(=O)c4ccc5c(c4)OC(C)(C)CC5)nc3=O)C(F)(F)[C@@H]2O1. The monoisotopic (exact) mass is 1620 g/mol. The summed E-state index contributed by atoms with van der Waals surface area (Å²) in [5.41, 5.74) is -0.242. The molecule has 12 heterocycles. The molecule has 0 radical (unpaired) electrons. The molecule has 33 nitrogen and oxygen atoms in total. The summed E-state index contributed by atoms with van der Waals surface area (Å²) in [5, 5.41) is 7.47. The van der Waals surface area contributed by atoms with Crippen molar-refractivity contribution in [1.82, 2.24) is 28.7 Å². The first kappa shape index (κ1) is 80.9. The number of hydrogen-bond donors (Lipinski definition) is 3. The molecule has 9 aliphatic rings. The van der Waals surface area contributed by atoms with Crippen LogP contribution in [0.5, 0.6) is 17.2 Å². The Balaban J connectivity index is 0.000000146. The second kappa shape index (κ2) is 30.7. The fourth-order valence-electron chi connectivity index (χ4n) is 13.2. The van der Waals surface area contributed by atoms with Crippen molar-refractivity contribution < 1.29 is 124 Å². The van der Waals surface area contributed by atoms with E-state index in [0.29, 0.717) is 43.8 Å². The van der Waals surface area contributed by atoms with Gasteiger partial charge in [-0.25, -0.2) is 28.1 Å². The number of benzene rings is 3. The third kappa shape index (κ3) is 17.4. The van der Waals surface area contributed by atoms with E-state index in [1.165, 1.54) is 18.2 Å². The van der Waals surface area contributed by atoms with Gasteiger partial charge < -0.3 is 44.4 Å². The van der Waals surface area contributed by atoms with Crippen LogP contribution in [0.15, 0.2) is 106 Å². The number of rotatable bonds is 15. The van der Waals surface area contributed by atoms with Crippen molar-refractivity contribution in [2.45, 2.75) is 204 Å². The van der Waals surface area contributed by atoms with Crippen molar-refractivity contribution >= 4 is 58.6 Å². The Morgan fingerprint density at radius 1 is 0.477 bits per heavy atom. The van der Waals surface area contributed by atoms with Crippen LogP contribution in [-0.4, -0.2) is 157 Å². The zero-order valence-electron chi connectivity index (χ0n) is 61.0. The molecule has 6 aromatic rings. The minimum absolute atomic E-state index is 0.122. The van der Waals surface area contributed by atoms with E-state index in [4.69, 9.17) is 69.1 Å². The van der Waals surface area contributed by atoms with Crippen LogP contribution in [-0.2, 0) is 87.9 Å². The molecule has 12 atom stereocenters. The van der Waals surface area contributed by atoms with Gasteiger partial charge in [-0.2, -0.15) is 41.3 Å². The Hall–Kier alpha value is -8.10. The van der Waals surface area contributed by atoms with Crippen molar-refractivity contribution in [3.8, 4) is 17.2 Å². The predicted octanol–water partition coefficient (Wildman–Crippen LogP) is 11.1. The quantitative estimate of drug-likeness (QED) is 0.0635. The van der Waals surface area contributed by atoms with Gasteiger partial charge in [0.25, 0.3) is 17.7 Å². The predicted molar refractivity (Wildman–Crippen MR) is 374 cm³/mol. The minimum Gasteiger partial charge on any atom is -0.493 e. The van der Waals surface area contributed by atoms with E-state index in [-0.39, 0.29) is 39.8 Å². The molecule has 6 unspecified atom stereocenters. The van der Waals surface area contributed by atoms with Crippen molar-refractivity contribution in [1.29, 1.82) is 0 Å². The standard InChI is InChI=1S/C24H28F2N3O8P.C23H26F2N3O8P.C22H24F2N3O8P/c1-13(2)36-38(32)33-12-17-19(37-38)24(25,26)21(34-17)29-10-8-18(28-22(29)31)27-20(30)15-6-5-14-7-9-23(3,4)35-16(14)11-15;1-12(2)35-37(31)32-11-16-18(36-37)23(24,25)20(33-16)28-8-7-17(27-21(28)30)26-19(29)13-5-6-14-10-22(3,4)34-15(14)9-13;1-12(2)34-36(30)32-11-16-18(35-36)22(23,24)20(33-16)27-8-7-17(26-21(27)29)25-19(28)14-5-6-15-13(10-14)4-3-9-31-15/h5-6,8,10-11,13,17,19,21H,7,9,12H2,1-4H3,(H,27,28,30,31);5-9,12,16,18,20H,10-11H2,1-4H3,(H,26,27,29,30);5-8,10,12,16,18,20H,3-4,9,11H2,1-2H3,(H,25,26,28,29)/t17-,19-,21?,38?;16-,18-,20?,37?;16-,18-,20?,36?/m111/s1. The number of hydrogen-bond acceptors (Lipinski definition) is 27. The van der Waals surface area contributed by atoms with E-state index in [2.05, 4.69) is 30.9 Å². The number of amides is 3. The van der Waals surface area contributed by atoms with E-state index in [9.17, 15) is 42.5 Å². The van der Waals surface area contributed by atoms with Gasteiger partial charge >= 0.3 is 58.3 Å². The summed E-state index contributed by atoms with van der Waals surface area (Å²) in [6.07, 6.45) is -10.8. The van der Waals surface area contributed by atoms with Crippen LogP contribution in [0, 0.1) is 0 Å². The number of aryl methyl sites for hydroxylation is 2. The lowest BCUT2D eigenvalue weighted by Crippen LogP contribution is -2.45. The van der Waals surface area contributed by atoms with Gasteiger partial charge in [0.05, 0.1) is 44.7 Å².